The molecule has 0 aliphatic carbocycles. The molecule has 0 aromatic carbocycles. The first-order valence-electron chi connectivity index (χ1n) is 6.64. The Morgan fingerprint density at radius 1 is 1.24 bits per heavy atom. The van der Waals surface area contributed by atoms with Crippen LogP contribution in [-0.4, -0.2) is 9.97 Å². The zero-order valence-corrected chi connectivity index (χ0v) is 11.2. The molecule has 2 heteroatoms. The SMILES string of the molecule is CCC(CC)c1cnc(C(C)C)c2cc[nH]c12. The third-order valence-electron chi connectivity index (χ3n) is 3.63. The largest absolute Gasteiger partial charge is 0.361 e. The van der Waals surface area contributed by atoms with E-state index >= 15 is 0 Å². The first-order valence-corrected chi connectivity index (χ1v) is 6.64. The van der Waals surface area contributed by atoms with E-state index in [9.17, 15) is 0 Å². The van der Waals surface area contributed by atoms with Gasteiger partial charge in [0.2, 0.25) is 0 Å². The van der Waals surface area contributed by atoms with Gasteiger partial charge in [-0.15, -0.1) is 0 Å². The van der Waals surface area contributed by atoms with Crippen molar-refractivity contribution in [3.63, 3.8) is 0 Å². The quantitative estimate of drug-likeness (QED) is 0.817. The Labute approximate surface area is 103 Å². The number of fused-ring (bicyclic) bond motifs is 1. The van der Waals surface area contributed by atoms with E-state index in [1.165, 1.54) is 35.0 Å². The summed E-state index contributed by atoms with van der Waals surface area (Å²) in [5, 5.41) is 1.30. The standard InChI is InChI=1S/C15H22N2/c1-5-11(6-2)13-9-17-14(10(3)4)12-7-8-16-15(12)13/h7-11,16H,5-6H2,1-4H3. The van der Waals surface area contributed by atoms with E-state index in [-0.39, 0.29) is 0 Å². The first-order chi connectivity index (χ1) is 8.19. The van der Waals surface area contributed by atoms with Crippen molar-refractivity contribution >= 4 is 10.9 Å². The normalized spacial score (nSPS) is 11.9. The molecule has 0 spiro atoms. The average molecular weight is 230 g/mol. The lowest BCUT2D eigenvalue weighted by Gasteiger charge is -2.15. The molecule has 0 atom stereocenters. The molecule has 0 saturated heterocycles. The lowest BCUT2D eigenvalue weighted by molar-refractivity contribution is 0.642. The summed E-state index contributed by atoms with van der Waals surface area (Å²) in [6, 6.07) is 2.16. The van der Waals surface area contributed by atoms with Crippen LogP contribution in [-0.2, 0) is 0 Å². The van der Waals surface area contributed by atoms with Crippen LogP contribution in [0, 0.1) is 0 Å². The van der Waals surface area contributed by atoms with Crippen LogP contribution in [0.4, 0.5) is 0 Å². The Kier molecular flexibility index (Phi) is 3.51. The molecule has 2 heterocycles. The van der Waals surface area contributed by atoms with Gasteiger partial charge in [-0.25, -0.2) is 0 Å². The second-order valence-corrected chi connectivity index (χ2v) is 5.03. The Morgan fingerprint density at radius 3 is 2.53 bits per heavy atom. The van der Waals surface area contributed by atoms with Crippen molar-refractivity contribution in [2.24, 2.45) is 0 Å². The summed E-state index contributed by atoms with van der Waals surface area (Å²) in [4.78, 5) is 8.07. The van der Waals surface area contributed by atoms with E-state index in [0.29, 0.717) is 11.8 Å². The predicted molar refractivity (Wildman–Crippen MR) is 73.5 cm³/mol. The summed E-state index contributed by atoms with van der Waals surface area (Å²) in [6.45, 7) is 8.90. The minimum atomic E-state index is 0.476. The van der Waals surface area contributed by atoms with Gasteiger partial charge >= 0.3 is 0 Å². The minimum absolute atomic E-state index is 0.476. The van der Waals surface area contributed by atoms with E-state index in [1.54, 1.807) is 0 Å². The summed E-state index contributed by atoms with van der Waals surface area (Å²) in [7, 11) is 0. The molecule has 0 unspecified atom stereocenters. The van der Waals surface area contributed by atoms with Crippen LogP contribution in [0.5, 0.6) is 0 Å². The van der Waals surface area contributed by atoms with E-state index in [4.69, 9.17) is 0 Å². The number of rotatable bonds is 4. The van der Waals surface area contributed by atoms with Crippen LogP contribution < -0.4 is 0 Å². The topological polar surface area (TPSA) is 28.7 Å². The van der Waals surface area contributed by atoms with Crippen molar-refractivity contribution < 1.29 is 0 Å². The van der Waals surface area contributed by atoms with Crippen LogP contribution in [0.15, 0.2) is 18.5 Å². The van der Waals surface area contributed by atoms with E-state index in [0.717, 1.165) is 0 Å². The van der Waals surface area contributed by atoms with Gasteiger partial charge in [-0.2, -0.15) is 0 Å². The highest BCUT2D eigenvalue weighted by molar-refractivity contribution is 5.85. The molecular formula is C15H22N2. The van der Waals surface area contributed by atoms with Crippen molar-refractivity contribution in [3.05, 3.63) is 29.7 Å². The second-order valence-electron chi connectivity index (χ2n) is 5.03. The van der Waals surface area contributed by atoms with Crippen LogP contribution in [0.25, 0.3) is 10.9 Å². The molecule has 17 heavy (non-hydrogen) atoms. The zero-order valence-electron chi connectivity index (χ0n) is 11.2. The number of hydrogen-bond acceptors (Lipinski definition) is 1. The molecule has 0 aliphatic rings. The highest BCUT2D eigenvalue weighted by atomic mass is 14.7. The summed E-state index contributed by atoms with van der Waals surface area (Å²) >= 11 is 0. The molecule has 0 amide bonds. The van der Waals surface area contributed by atoms with Gasteiger partial charge in [-0.3, -0.25) is 4.98 Å². The molecule has 2 aromatic heterocycles. The van der Waals surface area contributed by atoms with E-state index < -0.39 is 0 Å². The Morgan fingerprint density at radius 2 is 1.94 bits per heavy atom. The van der Waals surface area contributed by atoms with E-state index in [2.05, 4.69) is 49.9 Å². The number of nitrogens with zero attached hydrogens (tertiary/aromatic N) is 1. The predicted octanol–water partition coefficient (Wildman–Crippen LogP) is 4.59. The van der Waals surface area contributed by atoms with Crippen LogP contribution in [0.1, 0.15) is 63.6 Å². The molecule has 0 fully saturated rings. The van der Waals surface area contributed by atoms with Gasteiger partial charge in [0, 0.05) is 17.8 Å². The Bertz CT molecular complexity index is 493. The van der Waals surface area contributed by atoms with Crippen molar-refractivity contribution in [1.82, 2.24) is 9.97 Å². The third-order valence-corrected chi connectivity index (χ3v) is 3.63. The molecule has 1 N–H and O–H groups in total. The number of aromatic nitrogens is 2. The van der Waals surface area contributed by atoms with Crippen LogP contribution in [0.2, 0.25) is 0 Å². The molecule has 2 aromatic rings. The maximum atomic E-state index is 4.68. The molecular weight excluding hydrogens is 208 g/mol. The maximum Gasteiger partial charge on any atom is 0.0523 e. The monoisotopic (exact) mass is 230 g/mol. The summed E-state index contributed by atoms with van der Waals surface area (Å²) in [6.07, 6.45) is 6.45. The van der Waals surface area contributed by atoms with Crippen LogP contribution in [0.3, 0.4) is 0 Å². The average Bonchev–Trinajstić information content (AvgIpc) is 2.79. The summed E-state index contributed by atoms with van der Waals surface area (Å²) in [5.74, 6) is 1.09. The lowest BCUT2D eigenvalue weighted by Crippen LogP contribution is -2.01. The van der Waals surface area contributed by atoms with E-state index in [1.807, 2.05) is 6.20 Å². The molecule has 0 saturated carbocycles. The van der Waals surface area contributed by atoms with Crippen molar-refractivity contribution in [2.45, 2.75) is 52.4 Å². The Hall–Kier alpha value is -1.31. The molecule has 92 valence electrons. The van der Waals surface area contributed by atoms with Gasteiger partial charge in [-0.1, -0.05) is 27.7 Å². The Balaban J connectivity index is 2.60. The fourth-order valence-corrected chi connectivity index (χ4v) is 2.59. The number of H-pyrrole nitrogens is 1. The number of hydrogen-bond donors (Lipinski definition) is 1. The summed E-state index contributed by atoms with van der Waals surface area (Å²) in [5.41, 5.74) is 3.87. The van der Waals surface area contributed by atoms with Gasteiger partial charge < -0.3 is 4.98 Å². The first kappa shape index (κ1) is 12.2. The van der Waals surface area contributed by atoms with Gasteiger partial charge in [0.25, 0.3) is 0 Å². The van der Waals surface area contributed by atoms with Gasteiger partial charge in [0.1, 0.15) is 0 Å². The summed E-state index contributed by atoms with van der Waals surface area (Å²) < 4.78 is 0. The maximum absolute atomic E-state index is 4.68. The van der Waals surface area contributed by atoms with Crippen molar-refractivity contribution in [2.75, 3.05) is 0 Å². The van der Waals surface area contributed by atoms with Crippen LogP contribution >= 0.6 is 0 Å². The van der Waals surface area contributed by atoms with Gasteiger partial charge in [0.15, 0.2) is 0 Å². The number of nitrogens with one attached hydrogen (secondary N) is 1. The highest BCUT2D eigenvalue weighted by Gasteiger charge is 2.15. The fraction of sp³-hybridized carbons (Fsp3) is 0.533. The fourth-order valence-electron chi connectivity index (χ4n) is 2.59. The van der Waals surface area contributed by atoms with Crippen molar-refractivity contribution in [3.8, 4) is 0 Å². The van der Waals surface area contributed by atoms with Crippen molar-refractivity contribution in [1.29, 1.82) is 0 Å². The smallest absolute Gasteiger partial charge is 0.0523 e. The molecule has 2 nitrogen and oxygen atoms in total. The second kappa shape index (κ2) is 4.91. The molecule has 0 radical (unpaired) electrons. The minimum Gasteiger partial charge on any atom is -0.361 e. The highest BCUT2D eigenvalue weighted by Crippen LogP contribution is 2.31. The van der Waals surface area contributed by atoms with Gasteiger partial charge in [0.05, 0.1) is 11.2 Å². The molecule has 2 rings (SSSR count). The molecule has 0 aliphatic heterocycles. The number of aromatic amines is 1. The lowest BCUT2D eigenvalue weighted by atomic mass is 9.92. The molecule has 0 bridgehead atoms. The zero-order chi connectivity index (χ0) is 12.4. The third kappa shape index (κ3) is 2.08. The van der Waals surface area contributed by atoms with Gasteiger partial charge in [-0.05, 0) is 36.3 Å². The number of pyridine rings is 1.